The molecule has 1 unspecified atom stereocenters. The molecule has 1 heterocycles. The van der Waals surface area contributed by atoms with Crippen LogP contribution in [-0.4, -0.2) is 34.0 Å². The maximum absolute atomic E-state index is 11.7. The molecule has 100 valence electrons. The Hall–Kier alpha value is -1.21. The van der Waals surface area contributed by atoms with E-state index in [0.29, 0.717) is 17.5 Å². The van der Waals surface area contributed by atoms with Crippen molar-refractivity contribution in [3.05, 3.63) is 5.01 Å². The molecule has 1 saturated carbocycles. The molecule has 0 spiro atoms. The molecule has 18 heavy (non-hydrogen) atoms. The van der Waals surface area contributed by atoms with Crippen molar-refractivity contribution < 1.29 is 9.90 Å². The maximum Gasteiger partial charge on any atom is 0.321 e. The third kappa shape index (κ3) is 3.64. The van der Waals surface area contributed by atoms with Crippen LogP contribution in [0.25, 0.3) is 0 Å². The van der Waals surface area contributed by atoms with Crippen LogP contribution in [0.3, 0.4) is 0 Å². The summed E-state index contributed by atoms with van der Waals surface area (Å²) in [7, 11) is 0. The Bertz CT molecular complexity index is 406. The van der Waals surface area contributed by atoms with E-state index in [1.54, 1.807) is 0 Å². The average molecular weight is 270 g/mol. The van der Waals surface area contributed by atoms with Crippen LogP contribution >= 0.6 is 11.3 Å². The highest BCUT2D eigenvalue weighted by atomic mass is 32.1. The zero-order valence-corrected chi connectivity index (χ0v) is 11.2. The molecule has 1 aromatic rings. The fourth-order valence-corrected chi connectivity index (χ4v) is 2.54. The van der Waals surface area contributed by atoms with E-state index in [4.69, 9.17) is 5.11 Å². The normalized spacial score (nSPS) is 16.3. The van der Waals surface area contributed by atoms with E-state index in [2.05, 4.69) is 20.8 Å². The van der Waals surface area contributed by atoms with E-state index in [1.165, 1.54) is 24.2 Å². The second-order valence-corrected chi connectivity index (χ2v) is 5.44. The summed E-state index contributed by atoms with van der Waals surface area (Å²) in [5.41, 5.74) is 0. The predicted octanol–water partition coefficient (Wildman–Crippen LogP) is 1.70. The lowest BCUT2D eigenvalue weighted by molar-refractivity contribution is 0.237. The number of aliphatic hydroxyl groups excluding tert-OH is 1. The third-order valence-electron chi connectivity index (χ3n) is 2.89. The first-order valence-corrected chi connectivity index (χ1v) is 7.06. The average Bonchev–Trinajstić information content (AvgIpc) is 3.10. The van der Waals surface area contributed by atoms with Gasteiger partial charge in [-0.05, 0) is 25.7 Å². The lowest BCUT2D eigenvalue weighted by Gasteiger charge is -2.15. The summed E-state index contributed by atoms with van der Waals surface area (Å²) in [6.45, 7) is 2.04. The molecule has 1 aromatic heterocycles. The standard InChI is InChI=1S/C11H18N4O2S/c1-2-8(5-6-16)12-10(17)13-11-15-14-9(18-11)7-3-4-7/h7-8,16H,2-6H2,1H3,(H2,12,13,15,17). The van der Waals surface area contributed by atoms with Crippen molar-refractivity contribution in [2.24, 2.45) is 0 Å². The zero-order valence-electron chi connectivity index (χ0n) is 10.3. The van der Waals surface area contributed by atoms with E-state index in [0.717, 1.165) is 11.4 Å². The monoisotopic (exact) mass is 270 g/mol. The number of amides is 2. The SMILES string of the molecule is CCC(CCO)NC(=O)Nc1nnc(C2CC2)s1. The van der Waals surface area contributed by atoms with E-state index in [9.17, 15) is 4.79 Å². The van der Waals surface area contributed by atoms with Gasteiger partial charge in [-0.3, -0.25) is 5.32 Å². The number of nitrogens with one attached hydrogen (secondary N) is 2. The minimum atomic E-state index is -0.284. The molecule has 2 rings (SSSR count). The van der Waals surface area contributed by atoms with Crippen molar-refractivity contribution >= 4 is 22.5 Å². The van der Waals surface area contributed by atoms with Crippen molar-refractivity contribution in [3.8, 4) is 0 Å². The van der Waals surface area contributed by atoms with Gasteiger partial charge in [0.25, 0.3) is 0 Å². The van der Waals surface area contributed by atoms with Gasteiger partial charge < -0.3 is 10.4 Å². The van der Waals surface area contributed by atoms with Crippen LogP contribution in [0.4, 0.5) is 9.93 Å². The fraction of sp³-hybridized carbons (Fsp3) is 0.727. The Labute approximate surface area is 110 Å². The molecule has 0 bridgehead atoms. The number of carbonyl (C=O) groups excluding carboxylic acids is 1. The second kappa shape index (κ2) is 6.10. The number of carbonyl (C=O) groups is 1. The van der Waals surface area contributed by atoms with Gasteiger partial charge in [0.2, 0.25) is 5.13 Å². The highest BCUT2D eigenvalue weighted by molar-refractivity contribution is 7.15. The number of rotatable bonds is 6. The summed E-state index contributed by atoms with van der Waals surface area (Å²) < 4.78 is 0. The van der Waals surface area contributed by atoms with Crippen molar-refractivity contribution in [1.29, 1.82) is 0 Å². The topological polar surface area (TPSA) is 87.1 Å². The number of urea groups is 1. The van der Waals surface area contributed by atoms with Gasteiger partial charge in [-0.2, -0.15) is 0 Å². The quantitative estimate of drug-likeness (QED) is 0.734. The molecular weight excluding hydrogens is 252 g/mol. The molecule has 6 nitrogen and oxygen atoms in total. The second-order valence-electron chi connectivity index (χ2n) is 4.44. The van der Waals surface area contributed by atoms with Crippen LogP contribution < -0.4 is 10.6 Å². The van der Waals surface area contributed by atoms with Gasteiger partial charge in [0.15, 0.2) is 0 Å². The molecule has 0 saturated heterocycles. The molecule has 2 amide bonds. The summed E-state index contributed by atoms with van der Waals surface area (Å²) in [5, 5.41) is 23.9. The van der Waals surface area contributed by atoms with Gasteiger partial charge >= 0.3 is 6.03 Å². The maximum atomic E-state index is 11.7. The highest BCUT2D eigenvalue weighted by Gasteiger charge is 2.27. The van der Waals surface area contributed by atoms with Gasteiger partial charge in [-0.15, -0.1) is 10.2 Å². The first-order chi connectivity index (χ1) is 8.72. The first kappa shape index (κ1) is 13.2. The van der Waals surface area contributed by atoms with Gasteiger partial charge in [0.1, 0.15) is 5.01 Å². The van der Waals surface area contributed by atoms with Crippen molar-refractivity contribution in [2.75, 3.05) is 11.9 Å². The summed E-state index contributed by atoms with van der Waals surface area (Å²) in [6.07, 6.45) is 3.70. The smallest absolute Gasteiger partial charge is 0.321 e. The van der Waals surface area contributed by atoms with Crippen molar-refractivity contribution in [3.63, 3.8) is 0 Å². The van der Waals surface area contributed by atoms with Gasteiger partial charge in [-0.25, -0.2) is 4.79 Å². The Balaban J connectivity index is 1.81. The minimum Gasteiger partial charge on any atom is -0.396 e. The van der Waals surface area contributed by atoms with Crippen LogP contribution in [0.5, 0.6) is 0 Å². The molecule has 1 fully saturated rings. The van der Waals surface area contributed by atoms with Crippen LogP contribution in [0, 0.1) is 0 Å². The molecule has 0 radical (unpaired) electrons. The lowest BCUT2D eigenvalue weighted by atomic mass is 10.2. The molecule has 3 N–H and O–H groups in total. The van der Waals surface area contributed by atoms with Crippen LogP contribution in [0.15, 0.2) is 0 Å². The molecule has 1 aliphatic rings. The number of hydrogen-bond acceptors (Lipinski definition) is 5. The lowest BCUT2D eigenvalue weighted by Crippen LogP contribution is -2.38. The van der Waals surface area contributed by atoms with Crippen molar-refractivity contribution in [1.82, 2.24) is 15.5 Å². The van der Waals surface area contributed by atoms with E-state index in [1.807, 2.05) is 6.92 Å². The van der Waals surface area contributed by atoms with E-state index >= 15 is 0 Å². The van der Waals surface area contributed by atoms with Gasteiger partial charge in [-0.1, -0.05) is 18.3 Å². The highest BCUT2D eigenvalue weighted by Crippen LogP contribution is 2.41. The Morgan fingerprint density at radius 1 is 1.56 bits per heavy atom. The fourth-order valence-electron chi connectivity index (χ4n) is 1.63. The van der Waals surface area contributed by atoms with Crippen LogP contribution in [0.2, 0.25) is 0 Å². The molecule has 1 atom stereocenters. The number of hydrogen-bond donors (Lipinski definition) is 3. The van der Waals surface area contributed by atoms with Crippen LogP contribution in [0.1, 0.15) is 43.5 Å². The molecular formula is C11H18N4O2S. The molecule has 0 aliphatic heterocycles. The van der Waals surface area contributed by atoms with Gasteiger partial charge in [0.05, 0.1) is 0 Å². The number of aliphatic hydroxyl groups is 1. The minimum absolute atomic E-state index is 0.00850. The van der Waals surface area contributed by atoms with Crippen molar-refractivity contribution in [2.45, 2.75) is 44.6 Å². The van der Waals surface area contributed by atoms with E-state index < -0.39 is 0 Å². The summed E-state index contributed by atoms with van der Waals surface area (Å²) in [6, 6.07) is -0.292. The van der Waals surface area contributed by atoms with E-state index in [-0.39, 0.29) is 18.7 Å². The first-order valence-electron chi connectivity index (χ1n) is 6.24. The molecule has 0 aromatic carbocycles. The number of anilines is 1. The Morgan fingerprint density at radius 3 is 2.94 bits per heavy atom. The van der Waals surface area contributed by atoms with Crippen LogP contribution in [-0.2, 0) is 0 Å². The van der Waals surface area contributed by atoms with Gasteiger partial charge in [0, 0.05) is 18.6 Å². The summed E-state index contributed by atoms with van der Waals surface area (Å²) in [5.74, 6) is 0.555. The Kier molecular flexibility index (Phi) is 4.48. The molecule has 7 heteroatoms. The Morgan fingerprint density at radius 2 is 2.33 bits per heavy atom. The number of aromatic nitrogens is 2. The zero-order chi connectivity index (χ0) is 13.0. The predicted molar refractivity (Wildman–Crippen MR) is 69.8 cm³/mol. The third-order valence-corrected chi connectivity index (χ3v) is 3.89. The summed E-state index contributed by atoms with van der Waals surface area (Å²) >= 11 is 1.44. The summed E-state index contributed by atoms with van der Waals surface area (Å²) in [4.78, 5) is 11.7. The molecule has 1 aliphatic carbocycles. The number of nitrogens with zero attached hydrogens (tertiary/aromatic N) is 2. The largest absolute Gasteiger partial charge is 0.396 e.